The zero-order chi connectivity index (χ0) is 17.4. The second-order valence-electron chi connectivity index (χ2n) is 6.14. The van der Waals surface area contributed by atoms with Crippen LogP contribution >= 0.6 is 0 Å². The number of hydrogen-bond donors (Lipinski definition) is 3. The smallest absolute Gasteiger partial charge is 0.322 e. The molecule has 0 saturated carbocycles. The molecule has 3 aromatic heterocycles. The maximum Gasteiger partial charge on any atom is 0.322 e. The number of piperidine rings is 1. The van der Waals surface area contributed by atoms with Gasteiger partial charge in [0.25, 0.3) is 0 Å². The molecule has 0 bridgehead atoms. The van der Waals surface area contributed by atoms with Crippen molar-refractivity contribution >= 4 is 17.4 Å². The summed E-state index contributed by atoms with van der Waals surface area (Å²) < 4.78 is 6.42. The van der Waals surface area contributed by atoms with Gasteiger partial charge in [-0.15, -0.1) is 0 Å². The minimum absolute atomic E-state index is 0.181. The zero-order valence-corrected chi connectivity index (χ0v) is 13.8. The molecule has 0 aliphatic carbocycles. The highest BCUT2D eigenvalue weighted by atomic mass is 16.5. The number of hydrogen-bond acceptors (Lipinski definition) is 7. The van der Waals surface area contributed by atoms with Gasteiger partial charge in [-0.25, -0.2) is 4.98 Å². The first-order valence-corrected chi connectivity index (χ1v) is 8.12. The summed E-state index contributed by atoms with van der Waals surface area (Å²) in [5.41, 5.74) is 9.55. The number of aromatic amines is 1. The van der Waals surface area contributed by atoms with Crippen molar-refractivity contribution in [2.24, 2.45) is 0 Å². The predicted octanol–water partition coefficient (Wildman–Crippen LogP) is 0.710. The number of anilines is 1. The Morgan fingerprint density at radius 3 is 2.96 bits per heavy atom. The molecule has 0 unspecified atom stereocenters. The minimum atomic E-state index is -0.251. The summed E-state index contributed by atoms with van der Waals surface area (Å²) in [5.74, 6) is 0.490. The topological polar surface area (TPSA) is 123 Å². The molecular weight excluding hydrogens is 322 g/mol. The summed E-state index contributed by atoms with van der Waals surface area (Å²) in [6, 6.07) is 1.60. The number of H-pyrrole nitrogens is 1. The quantitative estimate of drug-likeness (QED) is 0.599. The third-order valence-corrected chi connectivity index (χ3v) is 4.65. The van der Waals surface area contributed by atoms with E-state index in [0.29, 0.717) is 24.4 Å². The fraction of sp³-hybridized carbons (Fsp3) is 0.375. The van der Waals surface area contributed by atoms with Crippen LogP contribution in [0, 0.1) is 0 Å². The second kappa shape index (κ2) is 6.17. The summed E-state index contributed by atoms with van der Waals surface area (Å²) in [6.45, 7) is 0.650. The Bertz CT molecular complexity index is 895. The number of rotatable bonds is 3. The molecule has 0 radical (unpaired) electrons. The Hall–Kier alpha value is -2.94. The Morgan fingerprint density at radius 1 is 1.40 bits per heavy atom. The summed E-state index contributed by atoms with van der Waals surface area (Å²) in [7, 11) is 1.41. The summed E-state index contributed by atoms with van der Waals surface area (Å²) in [4.78, 5) is 16.4. The van der Waals surface area contributed by atoms with Crippen LogP contribution in [0.25, 0.3) is 16.8 Å². The molecule has 1 saturated heterocycles. The number of nitrogen functional groups attached to an aromatic ring is 1. The first kappa shape index (κ1) is 15.6. The van der Waals surface area contributed by atoms with Gasteiger partial charge in [-0.2, -0.15) is 14.7 Å². The molecule has 3 aromatic rings. The van der Waals surface area contributed by atoms with E-state index in [4.69, 9.17) is 15.5 Å². The number of esters is 1. The van der Waals surface area contributed by atoms with Crippen molar-refractivity contribution in [3.63, 3.8) is 0 Å². The van der Waals surface area contributed by atoms with Crippen LogP contribution in [0.3, 0.4) is 0 Å². The van der Waals surface area contributed by atoms with Crippen LogP contribution in [0.5, 0.6) is 0 Å². The van der Waals surface area contributed by atoms with Gasteiger partial charge in [0.1, 0.15) is 11.9 Å². The highest BCUT2D eigenvalue weighted by Crippen LogP contribution is 2.29. The van der Waals surface area contributed by atoms with Crippen LogP contribution < -0.4 is 11.1 Å². The highest BCUT2D eigenvalue weighted by molar-refractivity contribution is 5.77. The van der Waals surface area contributed by atoms with Crippen molar-refractivity contribution < 1.29 is 9.53 Å². The number of nitrogens with one attached hydrogen (secondary N) is 2. The zero-order valence-electron chi connectivity index (χ0n) is 13.8. The monoisotopic (exact) mass is 341 g/mol. The largest absolute Gasteiger partial charge is 0.468 e. The lowest BCUT2D eigenvalue weighted by molar-refractivity contribution is -0.143. The molecule has 9 heteroatoms. The molecule has 9 nitrogen and oxygen atoms in total. The van der Waals surface area contributed by atoms with Gasteiger partial charge in [0, 0.05) is 35.9 Å². The van der Waals surface area contributed by atoms with Gasteiger partial charge in [-0.1, -0.05) is 0 Å². The van der Waals surface area contributed by atoms with Crippen molar-refractivity contribution in [3.05, 3.63) is 30.4 Å². The van der Waals surface area contributed by atoms with E-state index in [0.717, 1.165) is 23.2 Å². The Kier molecular flexibility index (Phi) is 3.85. The molecule has 1 aliphatic rings. The van der Waals surface area contributed by atoms with E-state index in [9.17, 15) is 4.79 Å². The van der Waals surface area contributed by atoms with E-state index in [1.165, 1.54) is 7.11 Å². The number of methoxy groups -OCH3 is 1. The lowest BCUT2D eigenvalue weighted by Crippen LogP contribution is -2.44. The number of carbonyl (C=O) groups is 1. The number of nitrogens with zero attached hydrogens (tertiary/aromatic N) is 4. The molecule has 0 spiro atoms. The van der Waals surface area contributed by atoms with E-state index in [1.807, 2.05) is 6.07 Å². The van der Waals surface area contributed by atoms with Crippen LogP contribution in [0.2, 0.25) is 0 Å². The molecule has 0 amide bonds. The average molecular weight is 341 g/mol. The Labute approximate surface area is 143 Å². The van der Waals surface area contributed by atoms with Crippen LogP contribution in [0.15, 0.2) is 24.7 Å². The third-order valence-electron chi connectivity index (χ3n) is 4.65. The number of fused-ring (bicyclic) bond motifs is 1. The van der Waals surface area contributed by atoms with Crippen molar-refractivity contribution in [3.8, 4) is 11.1 Å². The molecule has 130 valence electrons. The maximum atomic E-state index is 11.6. The third kappa shape index (κ3) is 2.72. The molecule has 1 fully saturated rings. The van der Waals surface area contributed by atoms with E-state index in [1.54, 1.807) is 23.1 Å². The standard InChI is InChI=1S/C16H19N7O2/c1-25-16(24)12-3-2-9(5-18-12)13-4-14(17)23-15(22-13)11(8-21-23)10-6-19-20-7-10/h4,6-9,12,18H,2-3,5,17H2,1H3,(H,19,20)/t9-,12-/m0/s1. The van der Waals surface area contributed by atoms with Gasteiger partial charge in [0.2, 0.25) is 0 Å². The molecule has 0 aromatic carbocycles. The summed E-state index contributed by atoms with van der Waals surface area (Å²) in [5, 5.41) is 14.3. The van der Waals surface area contributed by atoms with Gasteiger partial charge < -0.3 is 15.8 Å². The molecule has 4 N–H and O–H groups in total. The van der Waals surface area contributed by atoms with Crippen molar-refractivity contribution in [1.29, 1.82) is 0 Å². The number of carbonyl (C=O) groups excluding carboxylic acids is 1. The van der Waals surface area contributed by atoms with E-state index >= 15 is 0 Å². The molecule has 1 aliphatic heterocycles. The SMILES string of the molecule is COC(=O)[C@@H]1CC[C@H](c2cc(N)n3ncc(-c4cn[nH]c4)c3n2)CN1. The molecule has 25 heavy (non-hydrogen) atoms. The van der Waals surface area contributed by atoms with Crippen LogP contribution in [-0.4, -0.2) is 50.5 Å². The van der Waals surface area contributed by atoms with Crippen molar-refractivity contribution in [2.45, 2.75) is 24.8 Å². The van der Waals surface area contributed by atoms with Gasteiger partial charge in [0.15, 0.2) is 5.65 Å². The van der Waals surface area contributed by atoms with E-state index in [-0.39, 0.29) is 17.9 Å². The maximum absolute atomic E-state index is 11.6. The first-order chi connectivity index (χ1) is 12.2. The van der Waals surface area contributed by atoms with Crippen LogP contribution in [0.4, 0.5) is 5.82 Å². The van der Waals surface area contributed by atoms with E-state index < -0.39 is 0 Å². The molecule has 4 heterocycles. The highest BCUT2D eigenvalue weighted by Gasteiger charge is 2.28. The van der Waals surface area contributed by atoms with Crippen LogP contribution in [0.1, 0.15) is 24.5 Å². The fourth-order valence-corrected chi connectivity index (χ4v) is 3.27. The number of aromatic nitrogens is 5. The predicted molar refractivity (Wildman–Crippen MR) is 90.8 cm³/mol. The fourth-order valence-electron chi connectivity index (χ4n) is 3.27. The molecule has 2 atom stereocenters. The lowest BCUT2D eigenvalue weighted by Gasteiger charge is -2.28. The molecular formula is C16H19N7O2. The van der Waals surface area contributed by atoms with E-state index in [2.05, 4.69) is 20.6 Å². The normalized spacial score (nSPS) is 20.7. The van der Waals surface area contributed by atoms with Gasteiger partial charge in [-0.05, 0) is 12.8 Å². The summed E-state index contributed by atoms with van der Waals surface area (Å²) >= 11 is 0. The van der Waals surface area contributed by atoms with Crippen molar-refractivity contribution in [2.75, 3.05) is 19.4 Å². The Morgan fingerprint density at radius 2 is 2.28 bits per heavy atom. The van der Waals surface area contributed by atoms with Crippen LogP contribution in [-0.2, 0) is 9.53 Å². The molecule has 4 rings (SSSR count). The average Bonchev–Trinajstić information content (AvgIpc) is 3.30. The van der Waals surface area contributed by atoms with Crippen molar-refractivity contribution in [1.82, 2.24) is 30.1 Å². The number of ether oxygens (including phenoxy) is 1. The van der Waals surface area contributed by atoms with Gasteiger partial charge >= 0.3 is 5.97 Å². The summed E-state index contributed by atoms with van der Waals surface area (Å²) in [6.07, 6.45) is 6.80. The minimum Gasteiger partial charge on any atom is -0.468 e. The lowest BCUT2D eigenvalue weighted by atomic mass is 9.92. The van der Waals surface area contributed by atoms with Gasteiger partial charge in [0.05, 0.1) is 25.2 Å². The van der Waals surface area contributed by atoms with Gasteiger partial charge in [-0.3, -0.25) is 9.89 Å². The Balaban J connectivity index is 1.65. The second-order valence-corrected chi connectivity index (χ2v) is 6.14. The number of nitrogens with two attached hydrogens (primary N) is 1. The first-order valence-electron chi connectivity index (χ1n) is 8.12.